The minimum absolute atomic E-state index is 0.0419. The van der Waals surface area contributed by atoms with Gasteiger partial charge in [-0.3, -0.25) is 0 Å². The molecular weight excluding hydrogens is 310 g/mol. The molecule has 1 aromatic carbocycles. The number of thiophene rings is 1. The van der Waals surface area contributed by atoms with Gasteiger partial charge in [-0.05, 0) is 24.6 Å². The average molecular weight is 325 g/mol. The molecule has 0 radical (unpaired) electrons. The van der Waals surface area contributed by atoms with Gasteiger partial charge in [-0.2, -0.15) is 0 Å². The molecule has 1 N–H and O–H groups in total. The molecule has 5 heteroatoms. The van der Waals surface area contributed by atoms with E-state index in [0.29, 0.717) is 4.70 Å². The van der Waals surface area contributed by atoms with E-state index < -0.39 is 5.97 Å². The van der Waals surface area contributed by atoms with Gasteiger partial charge >= 0.3 is 5.97 Å². The number of aromatic nitrogens is 1. The molecule has 0 aliphatic heterocycles. The number of carbonyl (C=O) groups is 1. The van der Waals surface area contributed by atoms with Gasteiger partial charge in [0.2, 0.25) is 0 Å². The standard InChI is InChI=1S/C18H15NO3S/c1-2-22-18(21)15-16(20)17-13(11-19-15)10-14(23-17)9-8-12-6-4-3-5-7-12/h3-11,20H,2H2,1H3. The molecular formula is C18H15NO3S. The average Bonchev–Trinajstić information content (AvgIpc) is 2.98. The predicted octanol–water partition coefficient (Wildman–Crippen LogP) is 4.35. The molecule has 4 nitrogen and oxygen atoms in total. The summed E-state index contributed by atoms with van der Waals surface area (Å²) < 4.78 is 5.53. The fraction of sp³-hybridized carbons (Fsp3) is 0.111. The molecule has 2 heterocycles. The summed E-state index contributed by atoms with van der Waals surface area (Å²) in [6.07, 6.45) is 5.56. The van der Waals surface area contributed by atoms with Gasteiger partial charge in [-0.15, -0.1) is 11.3 Å². The molecule has 0 saturated carbocycles. The van der Waals surface area contributed by atoms with Crippen LogP contribution in [0.2, 0.25) is 0 Å². The summed E-state index contributed by atoms with van der Waals surface area (Å²) in [5, 5.41) is 11.1. The van der Waals surface area contributed by atoms with Crippen LogP contribution in [0.15, 0.2) is 42.6 Å². The molecule has 0 fully saturated rings. The van der Waals surface area contributed by atoms with Gasteiger partial charge in [0.15, 0.2) is 11.4 Å². The van der Waals surface area contributed by atoms with Crippen LogP contribution in [0.25, 0.3) is 22.2 Å². The molecule has 0 spiro atoms. The largest absolute Gasteiger partial charge is 0.504 e. The molecule has 2 aromatic heterocycles. The highest BCUT2D eigenvalue weighted by atomic mass is 32.1. The van der Waals surface area contributed by atoms with Crippen LogP contribution in [-0.4, -0.2) is 22.7 Å². The maximum Gasteiger partial charge on any atom is 0.360 e. The second-order valence-corrected chi connectivity index (χ2v) is 5.94. The third-order valence-electron chi connectivity index (χ3n) is 3.26. The quantitative estimate of drug-likeness (QED) is 0.725. The van der Waals surface area contributed by atoms with Crippen molar-refractivity contribution in [3.05, 3.63) is 58.7 Å². The van der Waals surface area contributed by atoms with Crippen molar-refractivity contribution in [3.8, 4) is 5.75 Å². The van der Waals surface area contributed by atoms with Crippen molar-refractivity contribution in [2.75, 3.05) is 6.61 Å². The second-order valence-electron chi connectivity index (χ2n) is 4.85. The number of fused-ring (bicyclic) bond motifs is 1. The van der Waals surface area contributed by atoms with E-state index in [9.17, 15) is 9.90 Å². The third kappa shape index (κ3) is 3.24. The Balaban J connectivity index is 1.94. The molecule has 0 amide bonds. The van der Waals surface area contributed by atoms with Gasteiger partial charge in [0.1, 0.15) is 0 Å². The Morgan fingerprint density at radius 2 is 2.09 bits per heavy atom. The first-order chi connectivity index (χ1) is 11.2. The maximum absolute atomic E-state index is 11.8. The lowest BCUT2D eigenvalue weighted by atomic mass is 10.2. The Labute approximate surface area is 137 Å². The molecule has 0 bridgehead atoms. The molecule has 0 aliphatic carbocycles. The number of pyridine rings is 1. The van der Waals surface area contributed by atoms with Crippen LogP contribution in [0, 0.1) is 0 Å². The fourth-order valence-corrected chi connectivity index (χ4v) is 3.16. The smallest absolute Gasteiger partial charge is 0.360 e. The van der Waals surface area contributed by atoms with E-state index in [1.807, 2.05) is 48.6 Å². The number of nitrogens with zero attached hydrogens (tertiary/aromatic N) is 1. The number of hydrogen-bond acceptors (Lipinski definition) is 5. The lowest BCUT2D eigenvalue weighted by Crippen LogP contribution is -2.06. The van der Waals surface area contributed by atoms with Gasteiger partial charge < -0.3 is 9.84 Å². The molecule has 0 aliphatic rings. The number of esters is 1. The number of rotatable bonds is 4. The normalized spacial score (nSPS) is 11.2. The SMILES string of the molecule is CCOC(=O)c1ncc2cc(C=Cc3ccccc3)sc2c1O. The zero-order chi connectivity index (χ0) is 16.2. The van der Waals surface area contributed by atoms with E-state index in [4.69, 9.17) is 4.74 Å². The first kappa shape index (κ1) is 15.2. The first-order valence-electron chi connectivity index (χ1n) is 7.21. The van der Waals surface area contributed by atoms with Gasteiger partial charge in [0.05, 0.1) is 11.3 Å². The Kier molecular flexibility index (Phi) is 4.39. The van der Waals surface area contributed by atoms with Crippen LogP contribution >= 0.6 is 11.3 Å². The highest BCUT2D eigenvalue weighted by molar-refractivity contribution is 7.20. The molecule has 23 heavy (non-hydrogen) atoms. The maximum atomic E-state index is 11.8. The van der Waals surface area contributed by atoms with Crippen LogP contribution in [0.1, 0.15) is 27.9 Å². The minimum Gasteiger partial charge on any atom is -0.504 e. The number of ether oxygens (including phenoxy) is 1. The van der Waals surface area contributed by atoms with Crippen molar-refractivity contribution < 1.29 is 14.6 Å². The third-order valence-corrected chi connectivity index (χ3v) is 4.38. The lowest BCUT2D eigenvalue weighted by molar-refractivity contribution is 0.0516. The number of aromatic hydroxyl groups is 1. The summed E-state index contributed by atoms with van der Waals surface area (Å²) in [4.78, 5) is 16.8. The second kappa shape index (κ2) is 6.62. The predicted molar refractivity (Wildman–Crippen MR) is 92.6 cm³/mol. The Morgan fingerprint density at radius 1 is 1.30 bits per heavy atom. The summed E-state index contributed by atoms with van der Waals surface area (Å²) in [5.74, 6) is -0.730. The highest BCUT2D eigenvalue weighted by Crippen LogP contribution is 2.35. The summed E-state index contributed by atoms with van der Waals surface area (Å²) in [5.41, 5.74) is 1.05. The zero-order valence-corrected chi connectivity index (χ0v) is 13.3. The summed E-state index contributed by atoms with van der Waals surface area (Å²) in [6.45, 7) is 1.96. The van der Waals surface area contributed by atoms with Crippen molar-refractivity contribution in [3.63, 3.8) is 0 Å². The van der Waals surface area contributed by atoms with Crippen LogP contribution < -0.4 is 0 Å². The van der Waals surface area contributed by atoms with E-state index in [2.05, 4.69) is 4.98 Å². The van der Waals surface area contributed by atoms with Crippen molar-refractivity contribution in [1.82, 2.24) is 4.98 Å². The Hall–Kier alpha value is -2.66. The summed E-state index contributed by atoms with van der Waals surface area (Å²) in [6, 6.07) is 11.9. The van der Waals surface area contributed by atoms with E-state index in [-0.39, 0.29) is 18.1 Å². The van der Waals surface area contributed by atoms with Gasteiger partial charge in [-0.25, -0.2) is 9.78 Å². The highest BCUT2D eigenvalue weighted by Gasteiger charge is 2.18. The van der Waals surface area contributed by atoms with Crippen molar-refractivity contribution in [2.24, 2.45) is 0 Å². The topological polar surface area (TPSA) is 59.4 Å². The number of carbonyl (C=O) groups excluding carboxylic acids is 1. The van der Waals surface area contributed by atoms with Crippen LogP contribution in [-0.2, 0) is 4.74 Å². The lowest BCUT2D eigenvalue weighted by Gasteiger charge is -2.03. The minimum atomic E-state index is -0.610. The molecule has 3 rings (SSSR count). The van der Waals surface area contributed by atoms with Gasteiger partial charge in [-0.1, -0.05) is 36.4 Å². The Bertz CT molecular complexity index is 869. The zero-order valence-electron chi connectivity index (χ0n) is 12.5. The van der Waals surface area contributed by atoms with Crippen LogP contribution in [0.5, 0.6) is 5.75 Å². The number of hydrogen-bond donors (Lipinski definition) is 1. The number of benzene rings is 1. The summed E-state index contributed by atoms with van der Waals surface area (Å²) >= 11 is 1.41. The fourth-order valence-electron chi connectivity index (χ4n) is 2.18. The van der Waals surface area contributed by atoms with Gasteiger partial charge in [0, 0.05) is 16.5 Å². The monoisotopic (exact) mass is 325 g/mol. The molecule has 0 unspecified atom stereocenters. The van der Waals surface area contributed by atoms with Crippen molar-refractivity contribution in [2.45, 2.75) is 6.92 Å². The van der Waals surface area contributed by atoms with Gasteiger partial charge in [0.25, 0.3) is 0 Å². The van der Waals surface area contributed by atoms with E-state index >= 15 is 0 Å². The van der Waals surface area contributed by atoms with E-state index in [1.165, 1.54) is 11.3 Å². The van der Waals surface area contributed by atoms with Crippen LogP contribution in [0.3, 0.4) is 0 Å². The van der Waals surface area contributed by atoms with Crippen molar-refractivity contribution in [1.29, 1.82) is 0 Å². The summed E-state index contributed by atoms with van der Waals surface area (Å²) in [7, 11) is 0. The first-order valence-corrected chi connectivity index (χ1v) is 8.02. The Morgan fingerprint density at radius 3 is 2.83 bits per heavy atom. The molecule has 0 atom stereocenters. The molecule has 0 saturated heterocycles. The van der Waals surface area contributed by atoms with E-state index in [0.717, 1.165) is 15.8 Å². The van der Waals surface area contributed by atoms with Crippen molar-refractivity contribution >= 4 is 39.5 Å². The molecule has 116 valence electrons. The molecule has 3 aromatic rings. The van der Waals surface area contributed by atoms with Crippen LogP contribution in [0.4, 0.5) is 0 Å². The van der Waals surface area contributed by atoms with E-state index in [1.54, 1.807) is 13.1 Å².